The van der Waals surface area contributed by atoms with E-state index in [0.717, 1.165) is 21.4 Å². The first-order valence-corrected chi connectivity index (χ1v) is 10.6. The van der Waals surface area contributed by atoms with Crippen LogP contribution in [0.25, 0.3) is 5.65 Å². The van der Waals surface area contributed by atoms with Crippen molar-refractivity contribution < 1.29 is 0 Å². The van der Waals surface area contributed by atoms with Crippen LogP contribution in [0.3, 0.4) is 0 Å². The lowest BCUT2D eigenvalue weighted by molar-refractivity contribution is 0.790. The Morgan fingerprint density at radius 2 is 1.81 bits per heavy atom. The number of imidazole rings is 1. The van der Waals surface area contributed by atoms with Crippen LogP contribution >= 0.6 is 23.4 Å². The van der Waals surface area contributed by atoms with Gasteiger partial charge in [0.2, 0.25) is 0 Å². The molecule has 31 heavy (non-hydrogen) atoms. The van der Waals surface area contributed by atoms with Crippen LogP contribution in [-0.2, 0) is 7.05 Å². The normalized spacial score (nSPS) is 11.2. The Hall–Kier alpha value is -3.56. The average molecular weight is 449 g/mol. The highest BCUT2D eigenvalue weighted by atomic mass is 35.5. The number of para-hydroxylation sites is 1. The van der Waals surface area contributed by atoms with E-state index in [9.17, 15) is 0 Å². The van der Waals surface area contributed by atoms with Gasteiger partial charge in [0.15, 0.2) is 16.6 Å². The second-order valence-electron chi connectivity index (χ2n) is 6.70. The second kappa shape index (κ2) is 7.93. The molecule has 0 radical (unpaired) electrons. The van der Waals surface area contributed by atoms with Crippen LogP contribution < -0.4 is 10.6 Å². The second-order valence-corrected chi connectivity index (χ2v) is 8.12. The first-order valence-electron chi connectivity index (χ1n) is 9.37. The quantitative estimate of drug-likeness (QED) is 0.416. The van der Waals surface area contributed by atoms with Crippen molar-refractivity contribution in [1.29, 1.82) is 0 Å². The predicted octanol–water partition coefficient (Wildman–Crippen LogP) is 4.71. The molecular weight excluding hydrogens is 432 g/mol. The third kappa shape index (κ3) is 3.69. The van der Waals surface area contributed by atoms with Gasteiger partial charge in [-0.05, 0) is 30.3 Å². The maximum Gasteiger partial charge on any atom is 0.254 e. The molecule has 0 spiro atoms. The summed E-state index contributed by atoms with van der Waals surface area (Å²) in [4.78, 5) is 15.9. The number of aryl methyl sites for hydroxylation is 1. The van der Waals surface area contributed by atoms with Gasteiger partial charge in [-0.2, -0.15) is 4.98 Å². The fraction of sp³-hybridized carbons (Fsp3) is 0.0476. The van der Waals surface area contributed by atoms with Gasteiger partial charge >= 0.3 is 0 Å². The van der Waals surface area contributed by atoms with Gasteiger partial charge in [0, 0.05) is 42.4 Å². The highest BCUT2D eigenvalue weighted by Gasteiger charge is 2.20. The molecule has 0 bridgehead atoms. The van der Waals surface area contributed by atoms with Crippen LogP contribution in [0.4, 0.5) is 23.1 Å². The van der Waals surface area contributed by atoms with E-state index in [0.29, 0.717) is 22.4 Å². The number of anilines is 4. The lowest BCUT2D eigenvalue weighted by Crippen LogP contribution is -2.11. The van der Waals surface area contributed by atoms with Gasteiger partial charge in [-0.25, -0.2) is 14.5 Å². The molecule has 154 valence electrons. The Labute approximate surface area is 187 Å². The molecule has 2 aromatic carbocycles. The molecule has 3 aromatic heterocycles. The Bertz CT molecular complexity index is 1360. The summed E-state index contributed by atoms with van der Waals surface area (Å²) in [5, 5.41) is 6.07. The molecule has 5 aromatic rings. The summed E-state index contributed by atoms with van der Waals surface area (Å²) in [6, 6.07) is 15.7. The molecule has 2 N–H and O–H groups in total. The van der Waals surface area contributed by atoms with E-state index in [4.69, 9.17) is 17.3 Å². The van der Waals surface area contributed by atoms with Gasteiger partial charge in [0.1, 0.15) is 0 Å². The Kier molecular flexibility index (Phi) is 4.97. The van der Waals surface area contributed by atoms with Crippen LogP contribution in [0.5, 0.6) is 0 Å². The van der Waals surface area contributed by atoms with Crippen molar-refractivity contribution in [3.8, 4) is 0 Å². The fourth-order valence-electron chi connectivity index (χ4n) is 3.14. The third-order valence-electron chi connectivity index (χ3n) is 4.64. The van der Waals surface area contributed by atoms with Gasteiger partial charge < -0.3 is 10.3 Å². The van der Waals surface area contributed by atoms with Gasteiger partial charge in [-0.3, -0.25) is 4.90 Å². The fourth-order valence-corrected chi connectivity index (χ4v) is 4.24. The summed E-state index contributed by atoms with van der Waals surface area (Å²) in [5.74, 6) is 0.778. The van der Waals surface area contributed by atoms with Gasteiger partial charge in [0.25, 0.3) is 5.95 Å². The van der Waals surface area contributed by atoms with E-state index in [1.165, 1.54) is 11.8 Å². The summed E-state index contributed by atoms with van der Waals surface area (Å²) >= 11 is 8.17. The van der Waals surface area contributed by atoms with Crippen LogP contribution in [0, 0.1) is 0 Å². The molecule has 10 heteroatoms. The summed E-state index contributed by atoms with van der Waals surface area (Å²) < 4.78 is 3.56. The summed E-state index contributed by atoms with van der Waals surface area (Å²) in [7, 11) is 1.95. The summed E-state index contributed by atoms with van der Waals surface area (Å²) in [6.07, 6.45) is 6.97. The molecule has 0 saturated carbocycles. The Morgan fingerprint density at radius 3 is 2.52 bits per heavy atom. The Morgan fingerprint density at radius 1 is 1.00 bits per heavy atom. The molecule has 0 aliphatic carbocycles. The number of aromatic nitrogens is 6. The molecule has 3 heterocycles. The number of hydrogen-bond donors (Lipinski definition) is 1. The van der Waals surface area contributed by atoms with Gasteiger partial charge in [-0.15, -0.1) is 5.10 Å². The van der Waals surface area contributed by atoms with Crippen molar-refractivity contribution in [3.05, 3.63) is 78.3 Å². The van der Waals surface area contributed by atoms with Crippen molar-refractivity contribution in [3.63, 3.8) is 0 Å². The third-order valence-corrected chi connectivity index (χ3v) is 6.21. The van der Waals surface area contributed by atoms with Crippen LogP contribution in [0.1, 0.15) is 0 Å². The smallest absolute Gasteiger partial charge is 0.254 e. The monoisotopic (exact) mass is 448 g/mol. The van der Waals surface area contributed by atoms with E-state index < -0.39 is 0 Å². The number of fused-ring (bicyclic) bond motifs is 1. The van der Waals surface area contributed by atoms with Crippen molar-refractivity contribution >= 4 is 52.2 Å². The summed E-state index contributed by atoms with van der Waals surface area (Å²) in [5.41, 5.74) is 8.19. The van der Waals surface area contributed by atoms with E-state index in [-0.39, 0.29) is 0 Å². The lowest BCUT2D eigenvalue weighted by Gasteiger charge is -2.22. The zero-order chi connectivity index (χ0) is 21.4. The number of nitrogens with two attached hydrogens (primary N) is 1. The number of rotatable bonds is 5. The molecule has 0 atom stereocenters. The molecule has 0 aliphatic heterocycles. The largest absolute Gasteiger partial charge is 0.381 e. The average Bonchev–Trinajstić information content (AvgIpc) is 3.38. The molecule has 0 saturated heterocycles. The van der Waals surface area contributed by atoms with Crippen LogP contribution in [0.15, 0.2) is 83.4 Å². The van der Waals surface area contributed by atoms with Crippen molar-refractivity contribution in [1.82, 2.24) is 29.1 Å². The van der Waals surface area contributed by atoms with Crippen molar-refractivity contribution in [2.75, 3.05) is 10.6 Å². The van der Waals surface area contributed by atoms with Crippen LogP contribution in [0.2, 0.25) is 5.02 Å². The van der Waals surface area contributed by atoms with Gasteiger partial charge in [0.05, 0.1) is 10.7 Å². The molecular formula is C21H17ClN8S. The lowest BCUT2D eigenvalue weighted by atomic mass is 10.2. The van der Waals surface area contributed by atoms with Crippen molar-refractivity contribution in [2.24, 2.45) is 7.05 Å². The first-order chi connectivity index (χ1) is 15.1. The number of nitrogen functional groups attached to an aromatic ring is 1. The topological polar surface area (TPSA) is 90.2 Å². The number of halogens is 1. The standard InChI is InChI=1S/C21H17ClN8S/c1-28-11-9-25-21(28)31-17-8-7-15(13-16(17)22)30(14-5-3-2-4-6-14)20-26-19-18(23)24-10-12-29(19)27-20/h2-13H,1H3,(H2,23,24). The minimum absolute atomic E-state index is 0.314. The molecule has 0 aliphatic rings. The number of nitrogens with zero attached hydrogens (tertiary/aromatic N) is 7. The minimum atomic E-state index is 0.314. The zero-order valence-corrected chi connectivity index (χ0v) is 18.0. The summed E-state index contributed by atoms with van der Waals surface area (Å²) in [6.45, 7) is 0. The molecule has 0 amide bonds. The molecule has 8 nitrogen and oxygen atoms in total. The van der Waals surface area contributed by atoms with E-state index in [1.54, 1.807) is 23.1 Å². The minimum Gasteiger partial charge on any atom is -0.381 e. The molecule has 5 rings (SSSR count). The highest BCUT2D eigenvalue weighted by Crippen LogP contribution is 2.38. The van der Waals surface area contributed by atoms with E-state index >= 15 is 0 Å². The SMILES string of the molecule is Cn1ccnc1Sc1ccc(N(c2ccccc2)c2nc3c(N)nccn3n2)cc1Cl. The number of hydrogen-bond acceptors (Lipinski definition) is 7. The maximum absolute atomic E-state index is 6.66. The van der Waals surface area contributed by atoms with Crippen molar-refractivity contribution in [2.45, 2.75) is 10.1 Å². The Balaban J connectivity index is 1.59. The van der Waals surface area contributed by atoms with Crippen LogP contribution in [-0.4, -0.2) is 29.1 Å². The predicted molar refractivity (Wildman–Crippen MR) is 122 cm³/mol. The van der Waals surface area contributed by atoms with Gasteiger partial charge in [-0.1, -0.05) is 41.6 Å². The molecule has 0 unspecified atom stereocenters. The number of benzene rings is 2. The highest BCUT2D eigenvalue weighted by molar-refractivity contribution is 7.99. The zero-order valence-electron chi connectivity index (χ0n) is 16.4. The first kappa shape index (κ1) is 19.4. The molecule has 0 fully saturated rings. The maximum atomic E-state index is 6.66. The van der Waals surface area contributed by atoms with E-state index in [2.05, 4.69) is 20.1 Å². The van der Waals surface area contributed by atoms with E-state index in [1.807, 2.05) is 71.2 Å².